The van der Waals surface area contributed by atoms with E-state index < -0.39 is 27.3 Å². The van der Waals surface area contributed by atoms with Gasteiger partial charge in [0.2, 0.25) is 0 Å². The molecule has 1 N–H and O–H groups in total. The van der Waals surface area contributed by atoms with Crippen LogP contribution in [-0.2, 0) is 10.0 Å². The Morgan fingerprint density at radius 1 is 1.10 bits per heavy atom. The second kappa shape index (κ2) is 6.02. The molecular weight excluding hydrogens is 432 g/mol. The Hall–Kier alpha value is -0.990. The molecule has 21 heavy (non-hydrogen) atoms. The highest BCUT2D eigenvalue weighted by Gasteiger charge is 2.22. The molecule has 2 aromatic rings. The highest BCUT2D eigenvalue weighted by atomic mass is 79.9. The lowest BCUT2D eigenvalue weighted by molar-refractivity contribution is 0.578. The van der Waals surface area contributed by atoms with E-state index in [2.05, 4.69) is 31.9 Å². The second-order valence-electron chi connectivity index (χ2n) is 4.23. The first kappa shape index (κ1) is 16.4. The zero-order valence-electron chi connectivity index (χ0n) is 10.6. The number of sulfonamides is 1. The summed E-state index contributed by atoms with van der Waals surface area (Å²) in [6, 6.07) is 6.60. The number of benzene rings is 2. The van der Waals surface area contributed by atoms with Gasteiger partial charge in [-0.2, -0.15) is 0 Å². The Morgan fingerprint density at radius 2 is 1.76 bits per heavy atom. The number of halogens is 4. The lowest BCUT2D eigenvalue weighted by Crippen LogP contribution is -2.16. The van der Waals surface area contributed by atoms with Crippen LogP contribution in [0.5, 0.6) is 0 Å². The summed E-state index contributed by atoms with van der Waals surface area (Å²) < 4.78 is 55.0. The summed E-state index contributed by atoms with van der Waals surface area (Å²) in [6.07, 6.45) is 0. The summed E-state index contributed by atoms with van der Waals surface area (Å²) in [5.41, 5.74) is -0.547. The first-order valence-electron chi connectivity index (χ1n) is 5.65. The van der Waals surface area contributed by atoms with E-state index in [1.54, 1.807) is 0 Å². The summed E-state index contributed by atoms with van der Waals surface area (Å²) in [6.45, 7) is 1.42. The van der Waals surface area contributed by atoms with Crippen LogP contribution in [0.2, 0.25) is 0 Å². The van der Waals surface area contributed by atoms with Gasteiger partial charge in [-0.05, 0) is 52.7 Å². The van der Waals surface area contributed by atoms with Crippen LogP contribution in [-0.4, -0.2) is 8.42 Å². The summed E-state index contributed by atoms with van der Waals surface area (Å²) in [7, 11) is -4.12. The summed E-state index contributed by atoms with van der Waals surface area (Å²) >= 11 is 6.31. The van der Waals surface area contributed by atoms with Crippen molar-refractivity contribution in [2.75, 3.05) is 4.72 Å². The molecule has 2 rings (SSSR count). The average Bonchev–Trinajstić information content (AvgIpc) is 2.39. The molecule has 8 heteroatoms. The monoisotopic (exact) mass is 439 g/mol. The van der Waals surface area contributed by atoms with E-state index in [-0.39, 0.29) is 14.9 Å². The van der Waals surface area contributed by atoms with Gasteiger partial charge in [0.05, 0.1) is 0 Å². The zero-order valence-corrected chi connectivity index (χ0v) is 14.6. The van der Waals surface area contributed by atoms with Crippen molar-refractivity contribution in [3.63, 3.8) is 0 Å². The van der Waals surface area contributed by atoms with E-state index in [1.165, 1.54) is 31.2 Å². The lowest BCUT2D eigenvalue weighted by atomic mass is 10.2. The van der Waals surface area contributed by atoms with E-state index >= 15 is 0 Å². The van der Waals surface area contributed by atoms with Gasteiger partial charge in [-0.1, -0.05) is 22.0 Å². The molecule has 0 fully saturated rings. The average molecular weight is 441 g/mol. The van der Waals surface area contributed by atoms with Gasteiger partial charge in [0.1, 0.15) is 16.4 Å². The van der Waals surface area contributed by atoms with Gasteiger partial charge in [-0.15, -0.1) is 0 Å². The molecule has 3 nitrogen and oxygen atoms in total. The van der Waals surface area contributed by atoms with E-state index in [0.717, 1.165) is 6.07 Å². The molecule has 0 spiro atoms. The number of nitrogens with one attached hydrogen (secondary N) is 1. The first-order chi connectivity index (χ1) is 9.72. The number of hydrogen-bond acceptors (Lipinski definition) is 2. The maximum atomic E-state index is 13.9. The van der Waals surface area contributed by atoms with Crippen LogP contribution in [0.25, 0.3) is 0 Å². The fourth-order valence-electron chi connectivity index (χ4n) is 1.63. The van der Waals surface area contributed by atoms with E-state index in [4.69, 9.17) is 0 Å². The molecule has 0 atom stereocenters. The minimum absolute atomic E-state index is 0.119. The Bertz CT molecular complexity index is 810. The zero-order chi connectivity index (χ0) is 15.8. The Labute approximate surface area is 137 Å². The smallest absolute Gasteiger partial charge is 0.263 e. The lowest BCUT2D eigenvalue weighted by Gasteiger charge is -2.12. The number of rotatable bonds is 3. The Balaban J connectivity index is 2.50. The number of aryl methyl sites for hydroxylation is 1. The van der Waals surface area contributed by atoms with E-state index in [1.807, 2.05) is 4.72 Å². The largest absolute Gasteiger partial charge is 0.274 e. The van der Waals surface area contributed by atoms with Crippen molar-refractivity contribution >= 4 is 47.6 Å². The Morgan fingerprint density at radius 3 is 2.38 bits per heavy atom. The van der Waals surface area contributed by atoms with Crippen LogP contribution >= 0.6 is 31.9 Å². The molecule has 0 radical (unpaired) electrons. The van der Waals surface area contributed by atoms with E-state index in [0.29, 0.717) is 4.47 Å². The fourth-order valence-corrected chi connectivity index (χ4v) is 4.45. The Kier molecular flexibility index (Phi) is 4.69. The van der Waals surface area contributed by atoms with Crippen molar-refractivity contribution in [1.29, 1.82) is 0 Å². The van der Waals surface area contributed by atoms with Crippen molar-refractivity contribution in [3.8, 4) is 0 Å². The van der Waals surface area contributed by atoms with Crippen molar-refractivity contribution in [2.45, 2.75) is 11.8 Å². The molecule has 0 heterocycles. The van der Waals surface area contributed by atoms with Crippen LogP contribution in [0.3, 0.4) is 0 Å². The third kappa shape index (κ3) is 3.44. The van der Waals surface area contributed by atoms with Gasteiger partial charge >= 0.3 is 0 Å². The topological polar surface area (TPSA) is 46.2 Å². The van der Waals surface area contributed by atoms with Crippen LogP contribution in [0, 0.1) is 18.6 Å². The van der Waals surface area contributed by atoms with Gasteiger partial charge in [0.15, 0.2) is 5.82 Å². The van der Waals surface area contributed by atoms with Gasteiger partial charge in [0.25, 0.3) is 10.0 Å². The molecule has 0 bridgehead atoms. The van der Waals surface area contributed by atoms with Crippen LogP contribution in [0.4, 0.5) is 14.5 Å². The van der Waals surface area contributed by atoms with Crippen molar-refractivity contribution in [3.05, 3.63) is 56.5 Å². The van der Waals surface area contributed by atoms with Crippen molar-refractivity contribution in [2.24, 2.45) is 0 Å². The third-order valence-corrected chi connectivity index (χ3v) is 5.52. The normalized spacial score (nSPS) is 11.5. The first-order valence-corrected chi connectivity index (χ1v) is 8.72. The fraction of sp³-hybridized carbons (Fsp3) is 0.0769. The molecular formula is C13H9Br2F2NO2S. The van der Waals surface area contributed by atoms with Gasteiger partial charge in [0, 0.05) is 8.95 Å². The SMILES string of the molecule is Cc1ccc(F)c(NS(=O)(=O)c2ccc(Br)cc2Br)c1F. The van der Waals surface area contributed by atoms with Gasteiger partial charge in [-0.25, -0.2) is 17.2 Å². The van der Waals surface area contributed by atoms with Crippen LogP contribution in [0.15, 0.2) is 44.2 Å². The maximum Gasteiger partial charge on any atom is 0.263 e. The second-order valence-corrected chi connectivity index (χ2v) is 7.65. The van der Waals surface area contributed by atoms with Crippen LogP contribution in [0.1, 0.15) is 5.56 Å². The van der Waals surface area contributed by atoms with Crippen molar-refractivity contribution in [1.82, 2.24) is 0 Å². The molecule has 0 aliphatic rings. The molecule has 0 unspecified atom stereocenters. The van der Waals surface area contributed by atoms with Crippen LogP contribution < -0.4 is 4.72 Å². The number of anilines is 1. The minimum Gasteiger partial charge on any atom is -0.274 e. The highest BCUT2D eigenvalue weighted by Crippen LogP contribution is 2.29. The van der Waals surface area contributed by atoms with Gasteiger partial charge in [-0.3, -0.25) is 4.72 Å². The molecule has 0 saturated heterocycles. The molecule has 0 saturated carbocycles. The maximum absolute atomic E-state index is 13.9. The standard InChI is InChI=1S/C13H9Br2F2NO2S/c1-7-2-4-10(16)13(12(7)17)18-21(19,20)11-5-3-8(14)6-9(11)15/h2-6,18H,1H3. The quantitative estimate of drug-likeness (QED) is 0.758. The molecule has 112 valence electrons. The molecule has 0 aliphatic heterocycles. The number of hydrogen-bond donors (Lipinski definition) is 1. The summed E-state index contributed by atoms with van der Waals surface area (Å²) in [4.78, 5) is -0.119. The van der Waals surface area contributed by atoms with Gasteiger partial charge < -0.3 is 0 Å². The third-order valence-electron chi connectivity index (χ3n) is 2.70. The predicted octanol–water partition coefficient (Wildman–Crippen LogP) is 4.60. The molecule has 0 aliphatic carbocycles. The predicted molar refractivity (Wildman–Crippen MR) is 83.7 cm³/mol. The molecule has 0 aromatic heterocycles. The summed E-state index contributed by atoms with van der Waals surface area (Å²) in [5.74, 6) is -1.92. The highest BCUT2D eigenvalue weighted by molar-refractivity contribution is 9.11. The molecule has 2 aromatic carbocycles. The molecule has 0 amide bonds. The van der Waals surface area contributed by atoms with E-state index in [9.17, 15) is 17.2 Å². The minimum atomic E-state index is -4.12. The summed E-state index contributed by atoms with van der Waals surface area (Å²) in [5, 5.41) is 0. The van der Waals surface area contributed by atoms with Crippen molar-refractivity contribution < 1.29 is 17.2 Å².